The van der Waals surface area contributed by atoms with Crippen LogP contribution in [-0.4, -0.2) is 77.2 Å². The number of piperazine rings is 1. The average molecular weight is 559 g/mol. The highest BCUT2D eigenvalue weighted by atomic mass is 32.2. The van der Waals surface area contributed by atoms with Crippen LogP contribution in [0, 0.1) is 11.6 Å². The number of nitrogen functional groups attached to an aromatic ring is 1. The van der Waals surface area contributed by atoms with Crippen LogP contribution in [-0.2, 0) is 6.54 Å². The summed E-state index contributed by atoms with van der Waals surface area (Å²) in [6, 6.07) is 12.4. The molecule has 202 valence electrons. The summed E-state index contributed by atoms with van der Waals surface area (Å²) in [6.07, 6.45) is 1.80. The summed E-state index contributed by atoms with van der Waals surface area (Å²) < 4.78 is 30.5. The monoisotopic (exact) mass is 558 g/mol. The Bertz CT molecular complexity index is 1230. The highest BCUT2D eigenvalue weighted by molar-refractivity contribution is 7.97. The molecule has 0 spiro atoms. The standard InChI is InChI=1S/C27H32F2N6OS2/c1-33-13-15-34(16-14-33)17-18-5-7-20(8-6-18)38-35-11-9-19(10-12-35)31-27-32-26(30)25(37-27)24(36)23-21(28)3-2-4-22(23)29/h2-8,19H,9-17,30H2,1H3,(H,31,32). The molecule has 5 rings (SSSR count). The number of anilines is 2. The summed E-state index contributed by atoms with van der Waals surface area (Å²) in [4.78, 5) is 23.1. The summed E-state index contributed by atoms with van der Waals surface area (Å²) in [5, 5.41) is 3.85. The van der Waals surface area contributed by atoms with Gasteiger partial charge in [-0.3, -0.25) is 9.69 Å². The number of piperidine rings is 1. The van der Waals surface area contributed by atoms with Crippen LogP contribution in [0.1, 0.15) is 33.6 Å². The third kappa shape index (κ3) is 6.52. The van der Waals surface area contributed by atoms with Crippen LogP contribution in [0.2, 0.25) is 0 Å². The zero-order valence-corrected chi connectivity index (χ0v) is 23.0. The first-order valence-corrected chi connectivity index (χ1v) is 14.4. The van der Waals surface area contributed by atoms with E-state index in [9.17, 15) is 13.6 Å². The molecular formula is C27H32F2N6OS2. The third-order valence-corrected chi connectivity index (χ3v) is 9.10. The number of rotatable bonds is 8. The van der Waals surface area contributed by atoms with Gasteiger partial charge in [0, 0.05) is 56.8 Å². The summed E-state index contributed by atoms with van der Waals surface area (Å²) in [7, 11) is 2.18. The minimum atomic E-state index is -0.910. The third-order valence-electron chi connectivity index (χ3n) is 6.99. The fourth-order valence-corrected chi connectivity index (χ4v) is 6.58. The highest BCUT2D eigenvalue weighted by Crippen LogP contribution is 2.32. The van der Waals surface area contributed by atoms with E-state index in [1.165, 1.54) is 16.5 Å². The van der Waals surface area contributed by atoms with E-state index >= 15 is 0 Å². The molecule has 1 aromatic heterocycles. The number of aromatic nitrogens is 1. The highest BCUT2D eigenvalue weighted by Gasteiger charge is 2.26. The van der Waals surface area contributed by atoms with Crippen molar-refractivity contribution in [3.8, 4) is 0 Å². The van der Waals surface area contributed by atoms with E-state index in [0.717, 1.165) is 82.1 Å². The van der Waals surface area contributed by atoms with Crippen molar-refractivity contribution >= 4 is 40.0 Å². The topological polar surface area (TPSA) is 77.7 Å². The number of benzene rings is 2. The molecule has 0 saturated carbocycles. The number of nitrogens with two attached hydrogens (primary N) is 1. The molecule has 2 aliphatic heterocycles. The Morgan fingerprint density at radius 1 is 1.05 bits per heavy atom. The Balaban J connectivity index is 1.10. The summed E-state index contributed by atoms with van der Waals surface area (Å²) in [5.41, 5.74) is 6.68. The second-order valence-corrected chi connectivity index (χ2v) is 12.0. The van der Waals surface area contributed by atoms with Gasteiger partial charge < -0.3 is 16.0 Å². The van der Waals surface area contributed by atoms with Crippen molar-refractivity contribution in [3.63, 3.8) is 0 Å². The quantitative estimate of drug-likeness (QED) is 0.308. The minimum absolute atomic E-state index is 0.0192. The summed E-state index contributed by atoms with van der Waals surface area (Å²) in [5.74, 6) is -2.63. The zero-order valence-electron chi connectivity index (χ0n) is 21.3. The lowest BCUT2D eigenvalue weighted by atomic mass is 10.1. The molecule has 3 aromatic rings. The molecule has 0 bridgehead atoms. The lowest BCUT2D eigenvalue weighted by Crippen LogP contribution is -2.43. The van der Waals surface area contributed by atoms with Crippen LogP contribution < -0.4 is 11.1 Å². The molecule has 0 radical (unpaired) electrons. The number of halogens is 2. The molecule has 3 heterocycles. The van der Waals surface area contributed by atoms with Gasteiger partial charge in [0.15, 0.2) is 5.13 Å². The van der Waals surface area contributed by atoms with Crippen LogP contribution in [0.25, 0.3) is 0 Å². The van der Waals surface area contributed by atoms with Gasteiger partial charge in [0.1, 0.15) is 22.3 Å². The van der Waals surface area contributed by atoms with Crippen molar-refractivity contribution in [2.75, 3.05) is 57.4 Å². The molecule has 11 heteroatoms. The summed E-state index contributed by atoms with van der Waals surface area (Å²) >= 11 is 2.81. The largest absolute Gasteiger partial charge is 0.382 e. The van der Waals surface area contributed by atoms with E-state index in [1.54, 1.807) is 11.9 Å². The molecule has 7 nitrogen and oxygen atoms in total. The van der Waals surface area contributed by atoms with Gasteiger partial charge in [-0.15, -0.1) is 0 Å². The first kappa shape index (κ1) is 27.0. The molecule has 2 saturated heterocycles. The van der Waals surface area contributed by atoms with E-state index in [-0.39, 0.29) is 16.7 Å². The van der Waals surface area contributed by atoms with Crippen molar-refractivity contribution in [2.45, 2.75) is 30.3 Å². The van der Waals surface area contributed by atoms with E-state index < -0.39 is 23.0 Å². The molecule has 0 amide bonds. The van der Waals surface area contributed by atoms with Gasteiger partial charge in [0.25, 0.3) is 0 Å². The molecular weight excluding hydrogens is 526 g/mol. The Labute approximate surface area is 230 Å². The number of likely N-dealkylation sites (N-methyl/N-ethyl adjacent to an activating group) is 1. The number of hydrogen-bond donors (Lipinski definition) is 2. The van der Waals surface area contributed by atoms with Gasteiger partial charge in [-0.05, 0) is 61.7 Å². The van der Waals surface area contributed by atoms with Gasteiger partial charge in [-0.25, -0.2) is 18.1 Å². The zero-order chi connectivity index (χ0) is 26.6. The number of thiazole rings is 1. The number of carbonyl (C=O) groups excluding carboxylic acids is 1. The average Bonchev–Trinajstić information content (AvgIpc) is 3.27. The number of ketones is 1. The van der Waals surface area contributed by atoms with Crippen LogP contribution in [0.3, 0.4) is 0 Å². The Morgan fingerprint density at radius 2 is 1.71 bits per heavy atom. The Kier molecular flexibility index (Phi) is 8.59. The van der Waals surface area contributed by atoms with E-state index in [4.69, 9.17) is 5.73 Å². The lowest BCUT2D eigenvalue weighted by Gasteiger charge is -2.32. The maximum Gasteiger partial charge on any atom is 0.212 e. The molecule has 0 unspecified atom stereocenters. The van der Waals surface area contributed by atoms with Crippen molar-refractivity contribution < 1.29 is 13.6 Å². The fourth-order valence-electron chi connectivity index (χ4n) is 4.72. The van der Waals surface area contributed by atoms with Crippen molar-refractivity contribution in [1.29, 1.82) is 0 Å². The maximum atomic E-state index is 14.1. The van der Waals surface area contributed by atoms with Crippen LogP contribution in [0.5, 0.6) is 0 Å². The molecule has 2 aromatic carbocycles. The SMILES string of the molecule is CN1CCN(Cc2ccc(SN3CCC(Nc4nc(N)c(C(=O)c5c(F)cccc5F)s4)CC3)cc2)CC1. The van der Waals surface area contributed by atoms with Crippen molar-refractivity contribution in [2.24, 2.45) is 0 Å². The predicted octanol–water partition coefficient (Wildman–Crippen LogP) is 4.57. The Morgan fingerprint density at radius 3 is 2.37 bits per heavy atom. The number of nitrogens with zero attached hydrogens (tertiary/aromatic N) is 4. The van der Waals surface area contributed by atoms with Crippen molar-refractivity contribution in [1.82, 2.24) is 19.1 Å². The predicted molar refractivity (Wildman–Crippen MR) is 150 cm³/mol. The fraction of sp³-hybridized carbons (Fsp3) is 0.407. The Hall–Kier alpha value is -2.57. The van der Waals surface area contributed by atoms with Crippen molar-refractivity contribution in [3.05, 3.63) is 70.1 Å². The van der Waals surface area contributed by atoms with E-state index in [0.29, 0.717) is 5.13 Å². The van der Waals surface area contributed by atoms with Gasteiger partial charge >= 0.3 is 0 Å². The second kappa shape index (κ2) is 12.1. The number of hydrogen-bond acceptors (Lipinski definition) is 9. The lowest BCUT2D eigenvalue weighted by molar-refractivity contribution is 0.103. The molecule has 0 aliphatic carbocycles. The van der Waals surface area contributed by atoms with Crippen LogP contribution in [0.4, 0.5) is 19.7 Å². The first-order valence-electron chi connectivity index (χ1n) is 12.8. The van der Waals surface area contributed by atoms with Gasteiger partial charge in [-0.1, -0.05) is 29.5 Å². The second-order valence-electron chi connectivity index (χ2n) is 9.82. The first-order chi connectivity index (χ1) is 18.4. The maximum absolute atomic E-state index is 14.1. The van der Waals surface area contributed by atoms with E-state index in [1.807, 2.05) is 0 Å². The van der Waals surface area contributed by atoms with Gasteiger partial charge in [-0.2, -0.15) is 0 Å². The van der Waals surface area contributed by atoms with Crippen LogP contribution >= 0.6 is 23.3 Å². The summed E-state index contributed by atoms with van der Waals surface area (Å²) in [6.45, 7) is 7.29. The molecule has 0 atom stereocenters. The smallest absolute Gasteiger partial charge is 0.212 e. The number of nitrogens with one attached hydrogen (secondary N) is 1. The molecule has 2 aliphatic rings. The molecule has 2 fully saturated rings. The van der Waals surface area contributed by atoms with Crippen LogP contribution in [0.15, 0.2) is 47.4 Å². The van der Waals surface area contributed by atoms with Gasteiger partial charge in [0.2, 0.25) is 5.78 Å². The number of carbonyl (C=O) groups is 1. The van der Waals surface area contributed by atoms with Gasteiger partial charge in [0.05, 0.1) is 5.56 Å². The molecule has 38 heavy (non-hydrogen) atoms. The normalized spacial score (nSPS) is 18.1. The molecule has 3 N–H and O–H groups in total. The van der Waals surface area contributed by atoms with E-state index in [2.05, 4.69) is 55.7 Å². The minimum Gasteiger partial charge on any atom is -0.382 e.